The average Bonchev–Trinajstić information content (AvgIpc) is 3.03. The molecule has 0 radical (unpaired) electrons. The van der Waals surface area contributed by atoms with E-state index in [1.807, 2.05) is 11.3 Å². The second kappa shape index (κ2) is 7.59. The van der Waals surface area contributed by atoms with Crippen molar-refractivity contribution < 1.29 is 0 Å². The molecule has 0 spiro atoms. The zero-order valence-electron chi connectivity index (χ0n) is 14.3. The summed E-state index contributed by atoms with van der Waals surface area (Å²) in [5, 5.41) is 4.82. The molecule has 0 amide bonds. The molecule has 2 rings (SSSR count). The highest BCUT2D eigenvalue weighted by atomic mass is 32.1. The minimum Gasteiger partial charge on any atom is -0.348 e. The number of nitrogens with zero attached hydrogens (tertiary/aromatic N) is 2. The van der Waals surface area contributed by atoms with Gasteiger partial charge in [-0.05, 0) is 30.7 Å². The number of thiazole rings is 1. The van der Waals surface area contributed by atoms with E-state index in [2.05, 4.69) is 44.8 Å². The van der Waals surface area contributed by atoms with Gasteiger partial charge in [0, 0.05) is 24.5 Å². The van der Waals surface area contributed by atoms with E-state index in [1.54, 1.807) is 0 Å². The van der Waals surface area contributed by atoms with Gasteiger partial charge in [-0.3, -0.25) is 0 Å². The quantitative estimate of drug-likeness (QED) is 0.816. The average molecular weight is 310 g/mol. The van der Waals surface area contributed by atoms with Crippen molar-refractivity contribution in [3.05, 3.63) is 10.6 Å². The summed E-state index contributed by atoms with van der Waals surface area (Å²) in [6.07, 6.45) is 2.62. The van der Waals surface area contributed by atoms with E-state index in [-0.39, 0.29) is 0 Å². The van der Waals surface area contributed by atoms with E-state index in [1.165, 1.54) is 41.6 Å². The van der Waals surface area contributed by atoms with Crippen molar-refractivity contribution in [2.45, 2.75) is 59.9 Å². The molecular weight excluding hydrogens is 278 g/mol. The molecule has 1 unspecified atom stereocenters. The van der Waals surface area contributed by atoms with Crippen LogP contribution >= 0.6 is 11.3 Å². The molecule has 1 atom stereocenters. The van der Waals surface area contributed by atoms with Crippen LogP contribution in [0, 0.1) is 11.8 Å². The van der Waals surface area contributed by atoms with Gasteiger partial charge in [0.15, 0.2) is 5.13 Å². The van der Waals surface area contributed by atoms with Crippen LogP contribution in [0.1, 0.15) is 63.9 Å². The van der Waals surface area contributed by atoms with Gasteiger partial charge in [0.25, 0.3) is 0 Å². The Morgan fingerprint density at radius 2 is 2.10 bits per heavy atom. The van der Waals surface area contributed by atoms with Crippen LogP contribution < -0.4 is 10.2 Å². The summed E-state index contributed by atoms with van der Waals surface area (Å²) >= 11 is 1.90. The van der Waals surface area contributed by atoms with Crippen LogP contribution in [0.3, 0.4) is 0 Å². The van der Waals surface area contributed by atoms with Crippen LogP contribution in [0.5, 0.6) is 0 Å². The smallest absolute Gasteiger partial charge is 0.185 e. The number of hydrogen-bond donors (Lipinski definition) is 1. The molecular formula is C17H31N3S. The fourth-order valence-corrected chi connectivity index (χ4v) is 4.10. The maximum Gasteiger partial charge on any atom is 0.185 e. The minimum atomic E-state index is 0.510. The molecule has 0 saturated carbocycles. The molecule has 2 heterocycles. The van der Waals surface area contributed by atoms with Gasteiger partial charge in [-0.25, -0.2) is 4.98 Å². The van der Waals surface area contributed by atoms with Gasteiger partial charge in [0.05, 0.1) is 5.69 Å². The highest BCUT2D eigenvalue weighted by Gasteiger charge is 2.25. The first-order chi connectivity index (χ1) is 10.0. The van der Waals surface area contributed by atoms with Gasteiger partial charge in [-0.2, -0.15) is 0 Å². The summed E-state index contributed by atoms with van der Waals surface area (Å²) in [6.45, 7) is 15.7. The van der Waals surface area contributed by atoms with Crippen LogP contribution in [0.15, 0.2) is 0 Å². The predicted molar refractivity (Wildman–Crippen MR) is 93.4 cm³/mol. The molecule has 1 N–H and O–H groups in total. The lowest BCUT2D eigenvalue weighted by Crippen LogP contribution is -2.19. The van der Waals surface area contributed by atoms with Crippen molar-refractivity contribution in [1.29, 1.82) is 0 Å². The molecule has 1 saturated heterocycles. The molecule has 4 heteroatoms. The summed E-state index contributed by atoms with van der Waals surface area (Å²) in [6, 6.07) is 0. The molecule has 1 aromatic rings. The predicted octanol–water partition coefficient (Wildman–Crippen LogP) is 4.25. The highest BCUT2D eigenvalue weighted by Crippen LogP contribution is 2.34. The number of nitrogens with one attached hydrogen (secondary N) is 1. The molecule has 0 aromatic carbocycles. The summed E-state index contributed by atoms with van der Waals surface area (Å²) in [5.41, 5.74) is 1.30. The van der Waals surface area contributed by atoms with Gasteiger partial charge >= 0.3 is 0 Å². The van der Waals surface area contributed by atoms with E-state index in [9.17, 15) is 0 Å². The standard InChI is InChI=1S/C17H31N3S/c1-6-14-7-8-20(11-14)17-19-16(13(4)5)15(21-17)10-18-9-12(2)3/h12-14,18H,6-11H2,1-5H3. The largest absolute Gasteiger partial charge is 0.348 e. The van der Waals surface area contributed by atoms with Gasteiger partial charge < -0.3 is 10.2 Å². The van der Waals surface area contributed by atoms with E-state index in [4.69, 9.17) is 4.98 Å². The molecule has 1 aromatic heterocycles. The van der Waals surface area contributed by atoms with E-state index >= 15 is 0 Å². The molecule has 3 nitrogen and oxygen atoms in total. The van der Waals surface area contributed by atoms with Gasteiger partial charge in [-0.1, -0.05) is 41.0 Å². The number of hydrogen-bond acceptors (Lipinski definition) is 4. The molecule has 0 aliphatic carbocycles. The van der Waals surface area contributed by atoms with Crippen molar-refractivity contribution >= 4 is 16.5 Å². The molecule has 0 bridgehead atoms. The summed E-state index contributed by atoms with van der Waals surface area (Å²) < 4.78 is 0. The Kier molecular flexibility index (Phi) is 6.06. The third-order valence-electron chi connectivity index (χ3n) is 4.24. The van der Waals surface area contributed by atoms with Crippen molar-refractivity contribution in [3.63, 3.8) is 0 Å². The van der Waals surface area contributed by atoms with Crippen molar-refractivity contribution in [2.24, 2.45) is 11.8 Å². The molecule has 120 valence electrons. The SMILES string of the molecule is CCC1CCN(c2nc(C(C)C)c(CNCC(C)C)s2)C1. The van der Waals surface area contributed by atoms with Crippen molar-refractivity contribution in [1.82, 2.24) is 10.3 Å². The van der Waals surface area contributed by atoms with Crippen LogP contribution in [0.4, 0.5) is 5.13 Å². The Labute approximate surface area is 134 Å². The summed E-state index contributed by atoms with van der Waals surface area (Å²) in [5.74, 6) is 2.07. The van der Waals surface area contributed by atoms with Crippen LogP contribution in [0.2, 0.25) is 0 Å². The Hall–Kier alpha value is -0.610. The zero-order valence-corrected chi connectivity index (χ0v) is 15.1. The molecule has 1 aliphatic heterocycles. The van der Waals surface area contributed by atoms with Crippen molar-refractivity contribution in [2.75, 3.05) is 24.5 Å². The third kappa shape index (κ3) is 4.43. The van der Waals surface area contributed by atoms with Crippen LogP contribution in [0.25, 0.3) is 0 Å². The van der Waals surface area contributed by atoms with Gasteiger partial charge in [-0.15, -0.1) is 11.3 Å². The first-order valence-electron chi connectivity index (χ1n) is 8.46. The normalized spacial score (nSPS) is 19.2. The Morgan fingerprint density at radius 3 is 2.67 bits per heavy atom. The van der Waals surface area contributed by atoms with E-state index in [0.717, 1.165) is 19.0 Å². The maximum atomic E-state index is 4.96. The van der Waals surface area contributed by atoms with Crippen LogP contribution in [-0.4, -0.2) is 24.6 Å². The third-order valence-corrected chi connectivity index (χ3v) is 5.37. The topological polar surface area (TPSA) is 28.2 Å². The number of aromatic nitrogens is 1. The molecule has 21 heavy (non-hydrogen) atoms. The zero-order chi connectivity index (χ0) is 15.4. The fraction of sp³-hybridized carbons (Fsp3) is 0.824. The fourth-order valence-electron chi connectivity index (χ4n) is 2.88. The lowest BCUT2D eigenvalue weighted by atomic mass is 10.1. The first-order valence-corrected chi connectivity index (χ1v) is 9.28. The Morgan fingerprint density at radius 1 is 1.33 bits per heavy atom. The summed E-state index contributed by atoms with van der Waals surface area (Å²) in [4.78, 5) is 8.89. The van der Waals surface area contributed by atoms with Crippen LogP contribution in [-0.2, 0) is 6.54 Å². The molecule has 1 fully saturated rings. The minimum absolute atomic E-state index is 0.510. The monoisotopic (exact) mass is 309 g/mol. The van der Waals surface area contributed by atoms with Gasteiger partial charge in [0.1, 0.15) is 0 Å². The van der Waals surface area contributed by atoms with Crippen molar-refractivity contribution in [3.8, 4) is 0 Å². The lowest BCUT2D eigenvalue weighted by molar-refractivity contribution is 0.552. The highest BCUT2D eigenvalue weighted by molar-refractivity contribution is 7.15. The van der Waals surface area contributed by atoms with E-state index in [0.29, 0.717) is 11.8 Å². The Balaban J connectivity index is 2.06. The number of anilines is 1. The second-order valence-corrected chi connectivity index (χ2v) is 8.06. The molecule has 1 aliphatic rings. The van der Waals surface area contributed by atoms with E-state index < -0.39 is 0 Å². The second-order valence-electron chi connectivity index (χ2n) is 6.99. The first kappa shape index (κ1) is 16.8. The summed E-state index contributed by atoms with van der Waals surface area (Å²) in [7, 11) is 0. The van der Waals surface area contributed by atoms with Gasteiger partial charge in [0.2, 0.25) is 0 Å². The maximum absolute atomic E-state index is 4.96. The number of rotatable bonds is 7. The Bertz CT molecular complexity index is 439. The lowest BCUT2D eigenvalue weighted by Gasteiger charge is -2.14.